The number of carbonyl (C=O) groups excluding carboxylic acids is 3. The number of piperidine rings is 2. The van der Waals surface area contributed by atoms with Gasteiger partial charge in [-0.3, -0.25) is 24.6 Å². The summed E-state index contributed by atoms with van der Waals surface area (Å²) in [7, 11) is 0. The quantitative estimate of drug-likeness (QED) is 0.477. The Morgan fingerprint density at radius 2 is 1.83 bits per heavy atom. The Balaban J connectivity index is 1.26. The Morgan fingerprint density at radius 3 is 2.43 bits per heavy atom. The van der Waals surface area contributed by atoms with Crippen LogP contribution in [-0.4, -0.2) is 68.4 Å². The van der Waals surface area contributed by atoms with Gasteiger partial charge in [-0.25, -0.2) is 14.7 Å². The van der Waals surface area contributed by atoms with Crippen molar-refractivity contribution < 1.29 is 37.5 Å². The first kappa shape index (κ1) is 30.0. The molecular formula is C28H32F3N5O5S. The van der Waals surface area contributed by atoms with Crippen LogP contribution in [0, 0.1) is 0 Å². The largest absolute Gasteiger partial charge is 0.465 e. The van der Waals surface area contributed by atoms with E-state index < -0.39 is 35.5 Å². The van der Waals surface area contributed by atoms with Crippen molar-refractivity contribution in [2.75, 3.05) is 18.0 Å². The fourth-order valence-electron chi connectivity index (χ4n) is 5.90. The van der Waals surface area contributed by atoms with E-state index in [4.69, 9.17) is 0 Å². The summed E-state index contributed by atoms with van der Waals surface area (Å²) in [6.45, 7) is 6.16. The Bertz CT molecular complexity index is 1430. The van der Waals surface area contributed by atoms with Gasteiger partial charge in [0.15, 0.2) is 10.8 Å². The lowest BCUT2D eigenvalue weighted by molar-refractivity contribution is -0.141. The number of nitrogens with zero attached hydrogens (tertiary/aromatic N) is 4. The maximum Gasteiger partial charge on any atom is 0.434 e. The van der Waals surface area contributed by atoms with Crippen molar-refractivity contribution in [3.05, 3.63) is 45.5 Å². The molecule has 1 aromatic heterocycles. The number of benzene rings is 1. The van der Waals surface area contributed by atoms with E-state index in [1.54, 1.807) is 26.8 Å². The number of rotatable bonds is 5. The van der Waals surface area contributed by atoms with Gasteiger partial charge in [-0.15, -0.1) is 0 Å². The summed E-state index contributed by atoms with van der Waals surface area (Å²) in [5.74, 6) is -0.894. The number of thiazole rings is 1. The molecule has 2 N–H and O–H groups in total. The van der Waals surface area contributed by atoms with Crippen molar-refractivity contribution >= 4 is 40.3 Å². The average molecular weight is 608 g/mol. The molecule has 0 aliphatic carbocycles. The number of carboxylic acid groups (broad SMARTS) is 1. The van der Waals surface area contributed by atoms with Crippen molar-refractivity contribution in [1.82, 2.24) is 20.1 Å². The highest BCUT2D eigenvalue weighted by atomic mass is 32.1. The van der Waals surface area contributed by atoms with Crippen molar-refractivity contribution in [3.63, 3.8) is 0 Å². The number of nitrogens with one attached hydrogen (secondary N) is 1. The SMILES string of the molecule is CC(C)(C)N(C(=O)O)c1nc(C(F)(F)F)c(CN2CCC(c3ccc4c(c3)CN(C3CCC(=O)NC3=O)C4=O)CC2)s1. The number of anilines is 1. The number of hydrogen-bond acceptors (Lipinski definition) is 7. The summed E-state index contributed by atoms with van der Waals surface area (Å²) in [6, 6.07) is 4.95. The maximum atomic E-state index is 13.9. The molecule has 0 radical (unpaired) electrons. The van der Waals surface area contributed by atoms with E-state index in [1.165, 1.54) is 4.90 Å². The zero-order chi connectivity index (χ0) is 30.6. The predicted octanol–water partition coefficient (Wildman–Crippen LogP) is 4.59. The summed E-state index contributed by atoms with van der Waals surface area (Å²) in [4.78, 5) is 56.7. The fourth-order valence-corrected chi connectivity index (χ4v) is 7.20. The van der Waals surface area contributed by atoms with E-state index in [9.17, 15) is 37.5 Å². The van der Waals surface area contributed by atoms with Crippen LogP contribution in [0.25, 0.3) is 0 Å². The van der Waals surface area contributed by atoms with Gasteiger partial charge >= 0.3 is 12.3 Å². The van der Waals surface area contributed by atoms with E-state index >= 15 is 0 Å². The van der Waals surface area contributed by atoms with Gasteiger partial charge in [0, 0.05) is 30.6 Å². The molecule has 1 unspecified atom stereocenters. The molecule has 2 fully saturated rings. The fraction of sp³-hybridized carbons (Fsp3) is 0.536. The topological polar surface area (TPSA) is 123 Å². The van der Waals surface area contributed by atoms with Gasteiger partial charge in [-0.1, -0.05) is 23.5 Å². The molecule has 2 aromatic rings. The molecule has 226 valence electrons. The van der Waals surface area contributed by atoms with Crippen LogP contribution in [0.4, 0.5) is 23.1 Å². The molecule has 3 aliphatic rings. The molecule has 14 heteroatoms. The van der Waals surface area contributed by atoms with Gasteiger partial charge in [0.1, 0.15) is 6.04 Å². The summed E-state index contributed by atoms with van der Waals surface area (Å²) in [6.07, 6.45) is -4.22. The second-order valence-corrected chi connectivity index (χ2v) is 13.0. The van der Waals surface area contributed by atoms with Crippen LogP contribution in [0.1, 0.15) is 84.4 Å². The van der Waals surface area contributed by atoms with Crippen molar-refractivity contribution in [1.29, 1.82) is 0 Å². The van der Waals surface area contributed by atoms with Crippen LogP contribution in [0.3, 0.4) is 0 Å². The molecule has 0 bridgehead atoms. The molecule has 4 heterocycles. The lowest BCUT2D eigenvalue weighted by Gasteiger charge is -2.32. The summed E-state index contributed by atoms with van der Waals surface area (Å²) < 4.78 is 41.6. The summed E-state index contributed by atoms with van der Waals surface area (Å²) >= 11 is 0.755. The molecule has 2 saturated heterocycles. The Labute approximate surface area is 244 Å². The van der Waals surface area contributed by atoms with E-state index in [-0.39, 0.29) is 53.7 Å². The Hall–Kier alpha value is -3.52. The zero-order valence-electron chi connectivity index (χ0n) is 23.5. The van der Waals surface area contributed by atoms with Gasteiger partial charge in [0.2, 0.25) is 11.8 Å². The number of likely N-dealkylation sites (tertiary alicyclic amines) is 1. The minimum absolute atomic E-state index is 0.0104. The highest BCUT2D eigenvalue weighted by Crippen LogP contribution is 2.41. The molecule has 1 aromatic carbocycles. The van der Waals surface area contributed by atoms with Crippen molar-refractivity contribution in [3.8, 4) is 0 Å². The van der Waals surface area contributed by atoms with Crippen LogP contribution in [-0.2, 0) is 28.9 Å². The molecule has 42 heavy (non-hydrogen) atoms. The second kappa shape index (κ2) is 11.0. The molecule has 0 spiro atoms. The van der Waals surface area contributed by atoms with Crippen molar-refractivity contribution in [2.45, 2.75) is 83.2 Å². The van der Waals surface area contributed by atoms with Crippen LogP contribution in [0.15, 0.2) is 18.2 Å². The van der Waals surface area contributed by atoms with E-state index in [0.29, 0.717) is 31.5 Å². The Morgan fingerprint density at radius 1 is 1.14 bits per heavy atom. The number of hydrogen-bond donors (Lipinski definition) is 2. The number of fused-ring (bicyclic) bond motifs is 1. The van der Waals surface area contributed by atoms with Gasteiger partial charge in [0.05, 0.1) is 4.88 Å². The lowest BCUT2D eigenvalue weighted by atomic mass is 9.88. The first-order chi connectivity index (χ1) is 19.6. The minimum Gasteiger partial charge on any atom is -0.465 e. The summed E-state index contributed by atoms with van der Waals surface area (Å²) in [5.41, 5.74) is 0.362. The van der Waals surface area contributed by atoms with Crippen LogP contribution >= 0.6 is 11.3 Å². The number of amides is 4. The summed E-state index contributed by atoms with van der Waals surface area (Å²) in [5, 5.41) is 11.7. The van der Waals surface area contributed by atoms with Gasteiger partial charge < -0.3 is 10.0 Å². The standard InChI is InChI=1S/C28H32F3N5O5S/c1-27(2,3)36(26(40)41)25-33-22(28(29,30)31)20(42-25)14-34-10-8-15(9-11-34)16-4-5-18-17(12-16)13-35(24(18)39)19-6-7-21(37)32-23(19)38/h4-5,12,15,19H,6-11,13-14H2,1-3H3,(H,40,41)(H,32,37,38). The molecule has 10 nitrogen and oxygen atoms in total. The third-order valence-corrected chi connectivity index (χ3v) is 9.01. The van der Waals surface area contributed by atoms with Crippen LogP contribution < -0.4 is 10.2 Å². The minimum atomic E-state index is -4.71. The third kappa shape index (κ3) is 5.87. The first-order valence-electron chi connectivity index (χ1n) is 13.7. The van der Waals surface area contributed by atoms with E-state index in [0.717, 1.165) is 27.4 Å². The number of alkyl halides is 3. The second-order valence-electron chi connectivity index (χ2n) is 11.9. The predicted molar refractivity (Wildman–Crippen MR) is 147 cm³/mol. The van der Waals surface area contributed by atoms with Crippen LogP contribution in [0.2, 0.25) is 0 Å². The maximum absolute atomic E-state index is 13.9. The monoisotopic (exact) mass is 607 g/mol. The molecule has 4 amide bonds. The molecule has 3 aliphatic heterocycles. The van der Waals surface area contributed by atoms with Gasteiger partial charge in [0.25, 0.3) is 5.91 Å². The van der Waals surface area contributed by atoms with Crippen molar-refractivity contribution in [2.24, 2.45) is 0 Å². The zero-order valence-corrected chi connectivity index (χ0v) is 24.3. The Kier molecular flexibility index (Phi) is 7.81. The highest BCUT2D eigenvalue weighted by Gasteiger charge is 2.42. The number of imide groups is 1. The number of halogens is 3. The van der Waals surface area contributed by atoms with Gasteiger partial charge in [-0.2, -0.15) is 13.2 Å². The molecule has 1 atom stereocenters. The molecule has 0 saturated carbocycles. The smallest absolute Gasteiger partial charge is 0.434 e. The molecule has 5 rings (SSSR count). The highest BCUT2D eigenvalue weighted by molar-refractivity contribution is 7.16. The van der Waals surface area contributed by atoms with E-state index in [2.05, 4.69) is 10.3 Å². The third-order valence-electron chi connectivity index (χ3n) is 7.98. The number of carbonyl (C=O) groups is 4. The van der Waals surface area contributed by atoms with Gasteiger partial charge in [-0.05, 0) is 76.2 Å². The average Bonchev–Trinajstić information content (AvgIpc) is 3.44. The number of aromatic nitrogens is 1. The lowest BCUT2D eigenvalue weighted by Crippen LogP contribution is -2.52. The van der Waals surface area contributed by atoms with Crippen LogP contribution in [0.5, 0.6) is 0 Å². The first-order valence-corrected chi connectivity index (χ1v) is 14.5. The molecular weight excluding hydrogens is 575 g/mol. The van der Waals surface area contributed by atoms with E-state index in [1.807, 2.05) is 17.0 Å². The normalized spacial score (nSPS) is 20.6.